The Bertz CT molecular complexity index is 1260. The van der Waals surface area contributed by atoms with Crippen molar-refractivity contribution in [2.75, 3.05) is 13.5 Å². The third-order valence-corrected chi connectivity index (χ3v) is 6.51. The van der Waals surface area contributed by atoms with Crippen molar-refractivity contribution in [3.8, 4) is 0 Å². The number of carbonyl (C=O) groups excluding carboxylic acids is 1. The van der Waals surface area contributed by atoms with Crippen LogP contribution < -0.4 is 0 Å². The minimum Gasteiger partial charge on any atom is -0.388 e. The van der Waals surface area contributed by atoms with Gasteiger partial charge in [-0.15, -0.1) is 0 Å². The molecule has 2 N–H and O–H groups in total. The summed E-state index contributed by atoms with van der Waals surface area (Å²) in [6, 6.07) is 10.4. The smallest absolute Gasteiger partial charge is 0.276 e. The van der Waals surface area contributed by atoms with Crippen LogP contribution in [0.15, 0.2) is 42.5 Å². The summed E-state index contributed by atoms with van der Waals surface area (Å²) in [7, 11) is 0. The lowest BCUT2D eigenvalue weighted by Crippen LogP contribution is -2.50. The summed E-state index contributed by atoms with van der Waals surface area (Å²) in [5, 5.41) is 11.5. The molecule has 1 amide bonds. The van der Waals surface area contributed by atoms with Crippen molar-refractivity contribution in [1.82, 2.24) is 14.9 Å². The number of aryl methyl sites for hydroxylation is 1. The maximum absolute atomic E-state index is 15.1. The largest absolute Gasteiger partial charge is 0.388 e. The van der Waals surface area contributed by atoms with Crippen LogP contribution in [-0.4, -0.2) is 45.0 Å². The molecular formula is C26H30F3N3O2. The first-order valence-electron chi connectivity index (χ1n) is 12.9. The quantitative estimate of drug-likeness (QED) is 0.496. The average molecular weight is 477 g/mol. The third-order valence-electron chi connectivity index (χ3n) is 6.51. The maximum Gasteiger partial charge on any atom is 0.276 e. The minimum atomic E-state index is -3.59. The average Bonchev–Trinajstić information content (AvgIpc) is 3.18. The number of aliphatic hydroxyl groups is 1. The van der Waals surface area contributed by atoms with Crippen LogP contribution in [0.3, 0.4) is 0 Å². The highest BCUT2D eigenvalue weighted by atomic mass is 19.3. The van der Waals surface area contributed by atoms with E-state index in [1.165, 1.54) is 6.07 Å². The fourth-order valence-corrected chi connectivity index (χ4v) is 5.16. The van der Waals surface area contributed by atoms with Crippen LogP contribution in [-0.2, 0) is 17.1 Å². The van der Waals surface area contributed by atoms with E-state index in [4.69, 9.17) is 4.11 Å². The molecule has 0 aliphatic heterocycles. The van der Waals surface area contributed by atoms with Crippen molar-refractivity contribution in [1.29, 1.82) is 0 Å². The number of amides is 1. The highest BCUT2D eigenvalue weighted by Gasteiger charge is 2.55. The number of hydrogen-bond acceptors (Lipinski definition) is 3. The molecule has 3 aromatic rings. The van der Waals surface area contributed by atoms with Crippen LogP contribution in [0.5, 0.6) is 0 Å². The Morgan fingerprint density at radius 2 is 2.09 bits per heavy atom. The molecule has 34 heavy (non-hydrogen) atoms. The number of para-hydroxylation sites is 2. The zero-order chi connectivity index (χ0) is 27.2. The highest BCUT2D eigenvalue weighted by molar-refractivity contribution is 5.77. The fraction of sp³-hybridized carbons (Fsp3) is 0.462. The zero-order valence-corrected chi connectivity index (χ0v) is 19.1. The number of halogens is 3. The van der Waals surface area contributed by atoms with Crippen LogP contribution in [0.25, 0.3) is 11.0 Å². The third kappa shape index (κ3) is 4.69. The van der Waals surface area contributed by atoms with Gasteiger partial charge in [-0.1, -0.05) is 32.0 Å². The number of nitrogens with zero attached hydrogens (tertiary/aromatic N) is 2. The number of benzene rings is 2. The molecule has 2 aromatic carbocycles. The van der Waals surface area contributed by atoms with Crippen molar-refractivity contribution < 1.29 is 27.2 Å². The van der Waals surface area contributed by atoms with Gasteiger partial charge in [0.15, 0.2) is 0 Å². The van der Waals surface area contributed by atoms with E-state index in [9.17, 15) is 14.3 Å². The second kappa shape index (κ2) is 9.06. The molecule has 1 aromatic heterocycles. The van der Waals surface area contributed by atoms with Gasteiger partial charge in [-0.3, -0.25) is 4.79 Å². The molecule has 0 radical (unpaired) electrons. The number of aromatic amines is 1. The first-order chi connectivity index (χ1) is 17.2. The summed E-state index contributed by atoms with van der Waals surface area (Å²) in [5.41, 5.74) is -1.07. The van der Waals surface area contributed by atoms with E-state index in [0.29, 0.717) is 17.1 Å². The van der Waals surface area contributed by atoms with Gasteiger partial charge in [0, 0.05) is 42.0 Å². The Hall–Kier alpha value is -2.87. The van der Waals surface area contributed by atoms with Gasteiger partial charge in [0.1, 0.15) is 11.6 Å². The number of carbonyl (C=O) groups is 1. The van der Waals surface area contributed by atoms with Gasteiger partial charge in [0.25, 0.3) is 5.92 Å². The Kier molecular flexibility index (Phi) is 5.46. The van der Waals surface area contributed by atoms with Crippen molar-refractivity contribution in [2.45, 2.75) is 57.0 Å². The van der Waals surface area contributed by atoms with Crippen molar-refractivity contribution in [2.24, 2.45) is 5.92 Å². The number of fused-ring (bicyclic) bond motifs is 2. The summed E-state index contributed by atoms with van der Waals surface area (Å²) in [4.78, 5) is 21.5. The molecule has 0 fully saturated rings. The Morgan fingerprint density at radius 3 is 2.79 bits per heavy atom. The molecule has 0 saturated heterocycles. The van der Waals surface area contributed by atoms with Crippen LogP contribution in [0.1, 0.15) is 60.1 Å². The molecule has 0 bridgehead atoms. The van der Waals surface area contributed by atoms with Gasteiger partial charge in [-0.25, -0.2) is 18.2 Å². The van der Waals surface area contributed by atoms with E-state index >= 15 is 8.78 Å². The lowest BCUT2D eigenvalue weighted by molar-refractivity contribution is -0.151. The summed E-state index contributed by atoms with van der Waals surface area (Å²) in [6.45, 7) is 0.428. The second-order valence-corrected chi connectivity index (χ2v) is 9.46. The van der Waals surface area contributed by atoms with Gasteiger partial charge in [-0.2, -0.15) is 0 Å². The first-order valence-corrected chi connectivity index (χ1v) is 11.4. The molecule has 182 valence electrons. The second-order valence-electron chi connectivity index (χ2n) is 9.46. The summed E-state index contributed by atoms with van der Waals surface area (Å²) >= 11 is 0. The Balaban J connectivity index is 1.55. The number of hydrogen-bond donors (Lipinski definition) is 2. The number of alkyl halides is 2. The normalized spacial score (nSPS) is 23.3. The number of H-pyrrole nitrogens is 1. The summed E-state index contributed by atoms with van der Waals surface area (Å²) < 4.78 is 67.6. The van der Waals surface area contributed by atoms with Gasteiger partial charge in [-0.05, 0) is 42.2 Å². The monoisotopic (exact) mass is 476 g/mol. The summed E-state index contributed by atoms with van der Waals surface area (Å²) in [6.07, 6.45) is -1.29. The van der Waals surface area contributed by atoms with Crippen LogP contribution in [0, 0.1) is 11.7 Å². The van der Waals surface area contributed by atoms with Gasteiger partial charge in [0.05, 0.1) is 23.1 Å². The number of aromatic nitrogens is 2. The zero-order valence-electron chi connectivity index (χ0n) is 22.1. The Morgan fingerprint density at radius 1 is 1.32 bits per heavy atom. The molecule has 0 unspecified atom stereocenters. The maximum atomic E-state index is 15.1. The van der Waals surface area contributed by atoms with Gasteiger partial charge >= 0.3 is 0 Å². The number of rotatable bonds is 7. The van der Waals surface area contributed by atoms with Gasteiger partial charge in [0.2, 0.25) is 5.91 Å². The topological polar surface area (TPSA) is 69.2 Å². The highest BCUT2D eigenvalue weighted by Crippen LogP contribution is 2.54. The molecule has 5 nitrogen and oxygen atoms in total. The molecule has 0 spiro atoms. The lowest BCUT2D eigenvalue weighted by Gasteiger charge is -2.46. The predicted molar refractivity (Wildman–Crippen MR) is 124 cm³/mol. The van der Waals surface area contributed by atoms with E-state index in [-0.39, 0.29) is 24.4 Å². The molecular weight excluding hydrogens is 443 g/mol. The first kappa shape index (κ1) is 20.5. The van der Waals surface area contributed by atoms with Crippen LogP contribution >= 0.6 is 0 Å². The van der Waals surface area contributed by atoms with Crippen molar-refractivity contribution >= 4 is 16.9 Å². The van der Waals surface area contributed by atoms with Crippen molar-refractivity contribution in [3.63, 3.8) is 0 Å². The molecule has 1 aliphatic carbocycles. The molecule has 4 rings (SSSR count). The van der Waals surface area contributed by atoms with E-state index < -0.39 is 54.5 Å². The van der Waals surface area contributed by atoms with Crippen LogP contribution in [0.2, 0.25) is 0 Å². The molecule has 1 heterocycles. The summed E-state index contributed by atoms with van der Waals surface area (Å²) in [5.74, 6) is -6.02. The van der Waals surface area contributed by atoms with E-state index in [2.05, 4.69) is 9.97 Å². The standard InChI is InChI=1S/C26H30F3N3O2/c1-16(2)24-18-11-10-17(27)13-19(18)26(28,29)15-25(24,34)14-23(33)32(3)12-6-9-22-30-20-7-4-5-8-21(20)31-22/h4-5,7-8,10-11,13,16,24,34H,6,9,12,14-15H2,1-3H3,(H,30,31)/t24-,25+/m0/s1/i3D3. The molecule has 0 saturated carbocycles. The lowest BCUT2D eigenvalue weighted by atomic mass is 9.64. The molecule has 2 atom stereocenters. The van der Waals surface area contributed by atoms with E-state index in [0.717, 1.165) is 23.2 Å². The molecule has 8 heteroatoms. The fourth-order valence-electron chi connectivity index (χ4n) is 5.16. The SMILES string of the molecule is [2H]C([2H])([2H])N(CCCc1nc2ccccc2[nH]1)C(=O)C[C@@]1(O)CC(F)(F)c2cc(F)ccc2[C@@H]1C(C)C. The number of imidazole rings is 1. The predicted octanol–water partition coefficient (Wildman–Crippen LogP) is 5.15. The van der Waals surface area contributed by atoms with E-state index in [1.807, 2.05) is 24.3 Å². The van der Waals surface area contributed by atoms with E-state index in [1.54, 1.807) is 13.8 Å². The van der Waals surface area contributed by atoms with Crippen LogP contribution in [0.4, 0.5) is 13.2 Å². The van der Waals surface area contributed by atoms with Gasteiger partial charge < -0.3 is 15.0 Å². The molecule has 1 aliphatic rings. The number of nitrogens with one attached hydrogen (secondary N) is 1. The minimum absolute atomic E-state index is 0.0632. The Labute approximate surface area is 201 Å². The van der Waals surface area contributed by atoms with Crippen molar-refractivity contribution in [3.05, 3.63) is 65.2 Å².